The molecule has 7 heteroatoms. The van der Waals surface area contributed by atoms with Crippen LogP contribution >= 0.6 is 0 Å². The Kier molecular flexibility index (Phi) is 3.97. The van der Waals surface area contributed by atoms with Crippen molar-refractivity contribution >= 4 is 11.9 Å². The Morgan fingerprint density at radius 2 is 1.81 bits per heavy atom. The second kappa shape index (κ2) is 5.18. The van der Waals surface area contributed by atoms with E-state index in [1.807, 2.05) is 0 Å². The summed E-state index contributed by atoms with van der Waals surface area (Å²) in [4.78, 5) is 23.1. The SMILES string of the molecule is CC1(C)[C@H](C(=O)O)[C@@H]1C(=O)NC1CCCC(C(F)(F)F)C1. The summed E-state index contributed by atoms with van der Waals surface area (Å²) in [5.74, 6) is -4.24. The van der Waals surface area contributed by atoms with Crippen LogP contribution in [0.4, 0.5) is 13.2 Å². The average molecular weight is 307 g/mol. The Morgan fingerprint density at radius 3 is 2.29 bits per heavy atom. The first-order chi connectivity index (χ1) is 9.55. The van der Waals surface area contributed by atoms with E-state index < -0.39 is 47.3 Å². The molecule has 4 nitrogen and oxygen atoms in total. The van der Waals surface area contributed by atoms with Gasteiger partial charge in [0.05, 0.1) is 17.8 Å². The molecule has 0 aliphatic heterocycles. The largest absolute Gasteiger partial charge is 0.481 e. The summed E-state index contributed by atoms with van der Waals surface area (Å²) < 4.78 is 38.2. The predicted octanol–water partition coefficient (Wildman–Crippen LogP) is 2.58. The number of carboxylic acids is 1. The van der Waals surface area contributed by atoms with Crippen molar-refractivity contribution < 1.29 is 27.9 Å². The van der Waals surface area contributed by atoms with Crippen LogP contribution in [-0.2, 0) is 9.59 Å². The Hall–Kier alpha value is -1.27. The fourth-order valence-electron chi connectivity index (χ4n) is 3.50. The molecule has 120 valence electrons. The van der Waals surface area contributed by atoms with E-state index in [1.165, 1.54) is 0 Å². The van der Waals surface area contributed by atoms with Gasteiger partial charge in [-0.2, -0.15) is 13.2 Å². The lowest BCUT2D eigenvalue weighted by atomic mass is 9.85. The van der Waals surface area contributed by atoms with E-state index in [1.54, 1.807) is 13.8 Å². The number of hydrogen-bond acceptors (Lipinski definition) is 2. The molecule has 2 rings (SSSR count). The number of amides is 1. The molecule has 0 spiro atoms. The van der Waals surface area contributed by atoms with Crippen LogP contribution in [0.15, 0.2) is 0 Å². The minimum Gasteiger partial charge on any atom is -0.481 e. The highest BCUT2D eigenvalue weighted by atomic mass is 19.4. The van der Waals surface area contributed by atoms with E-state index in [4.69, 9.17) is 5.11 Å². The molecule has 0 heterocycles. The highest BCUT2D eigenvalue weighted by Gasteiger charge is 2.66. The smallest absolute Gasteiger partial charge is 0.391 e. The third-order valence-corrected chi connectivity index (χ3v) is 4.86. The van der Waals surface area contributed by atoms with Gasteiger partial charge in [-0.3, -0.25) is 9.59 Å². The van der Waals surface area contributed by atoms with Crippen molar-refractivity contribution in [3.8, 4) is 0 Å². The first kappa shape index (κ1) is 16.1. The van der Waals surface area contributed by atoms with Crippen molar-refractivity contribution in [1.29, 1.82) is 0 Å². The van der Waals surface area contributed by atoms with E-state index in [2.05, 4.69) is 5.32 Å². The average Bonchev–Trinajstić information content (AvgIpc) is 2.92. The lowest BCUT2D eigenvalue weighted by Crippen LogP contribution is -2.42. The number of carbonyl (C=O) groups is 2. The normalized spacial score (nSPS) is 35.1. The second-order valence-corrected chi connectivity index (χ2v) is 6.73. The number of carbonyl (C=O) groups excluding carboxylic acids is 1. The van der Waals surface area contributed by atoms with Crippen molar-refractivity contribution in [2.75, 3.05) is 0 Å². The van der Waals surface area contributed by atoms with Crippen LogP contribution in [0, 0.1) is 23.2 Å². The minimum atomic E-state index is -4.23. The third-order valence-electron chi connectivity index (χ3n) is 4.86. The van der Waals surface area contributed by atoms with Crippen molar-refractivity contribution in [3.05, 3.63) is 0 Å². The van der Waals surface area contributed by atoms with Gasteiger partial charge in [0, 0.05) is 6.04 Å². The van der Waals surface area contributed by atoms with E-state index >= 15 is 0 Å². The fraction of sp³-hybridized carbons (Fsp3) is 0.857. The van der Waals surface area contributed by atoms with Gasteiger partial charge in [0.25, 0.3) is 0 Å². The van der Waals surface area contributed by atoms with Crippen LogP contribution in [0.3, 0.4) is 0 Å². The molecule has 2 N–H and O–H groups in total. The Morgan fingerprint density at radius 1 is 1.19 bits per heavy atom. The number of halogens is 3. The molecule has 21 heavy (non-hydrogen) atoms. The summed E-state index contributed by atoms with van der Waals surface area (Å²) in [6, 6.07) is -0.510. The first-order valence-electron chi connectivity index (χ1n) is 7.15. The zero-order chi connectivity index (χ0) is 16.0. The molecule has 4 atom stereocenters. The molecule has 2 aliphatic carbocycles. The lowest BCUT2D eigenvalue weighted by Gasteiger charge is -2.31. The quantitative estimate of drug-likeness (QED) is 0.842. The predicted molar refractivity (Wildman–Crippen MR) is 68.3 cm³/mol. The van der Waals surface area contributed by atoms with E-state index in [-0.39, 0.29) is 12.8 Å². The summed E-state index contributed by atoms with van der Waals surface area (Å²) in [6.07, 6.45) is -3.30. The number of hydrogen-bond donors (Lipinski definition) is 2. The van der Waals surface area contributed by atoms with E-state index in [9.17, 15) is 22.8 Å². The van der Waals surface area contributed by atoms with Crippen LogP contribution in [0.25, 0.3) is 0 Å². The van der Waals surface area contributed by atoms with Crippen molar-refractivity contribution in [3.63, 3.8) is 0 Å². The van der Waals surface area contributed by atoms with Gasteiger partial charge in [-0.15, -0.1) is 0 Å². The van der Waals surface area contributed by atoms with Gasteiger partial charge < -0.3 is 10.4 Å². The van der Waals surface area contributed by atoms with Crippen LogP contribution in [0.2, 0.25) is 0 Å². The first-order valence-corrected chi connectivity index (χ1v) is 7.15. The lowest BCUT2D eigenvalue weighted by molar-refractivity contribution is -0.184. The molecule has 0 aromatic rings. The second-order valence-electron chi connectivity index (χ2n) is 6.73. The maximum atomic E-state index is 12.7. The molecule has 2 saturated carbocycles. The molecule has 2 fully saturated rings. The van der Waals surface area contributed by atoms with Crippen molar-refractivity contribution in [2.45, 2.75) is 51.7 Å². The van der Waals surface area contributed by atoms with Gasteiger partial charge in [-0.1, -0.05) is 20.3 Å². The van der Waals surface area contributed by atoms with Gasteiger partial charge in [-0.25, -0.2) is 0 Å². The number of rotatable bonds is 3. The zero-order valence-corrected chi connectivity index (χ0v) is 12.0. The number of nitrogens with one attached hydrogen (secondary N) is 1. The summed E-state index contributed by atoms with van der Waals surface area (Å²) >= 11 is 0. The van der Waals surface area contributed by atoms with Gasteiger partial charge in [0.15, 0.2) is 0 Å². The van der Waals surface area contributed by atoms with Crippen molar-refractivity contribution in [1.82, 2.24) is 5.32 Å². The Balaban J connectivity index is 1.93. The van der Waals surface area contributed by atoms with Crippen LogP contribution < -0.4 is 5.32 Å². The zero-order valence-electron chi connectivity index (χ0n) is 12.0. The van der Waals surface area contributed by atoms with Crippen molar-refractivity contribution in [2.24, 2.45) is 23.2 Å². The van der Waals surface area contributed by atoms with Crippen LogP contribution in [0.1, 0.15) is 39.5 Å². The third kappa shape index (κ3) is 3.16. The van der Waals surface area contributed by atoms with Crippen LogP contribution in [0.5, 0.6) is 0 Å². The Bertz CT molecular complexity index is 447. The maximum Gasteiger partial charge on any atom is 0.391 e. The molecule has 0 radical (unpaired) electrons. The highest BCUT2D eigenvalue weighted by Crippen LogP contribution is 2.58. The molecule has 1 amide bonds. The van der Waals surface area contributed by atoms with Gasteiger partial charge in [0.1, 0.15) is 0 Å². The van der Waals surface area contributed by atoms with Gasteiger partial charge >= 0.3 is 12.1 Å². The van der Waals surface area contributed by atoms with E-state index in [0.717, 1.165) is 0 Å². The maximum absolute atomic E-state index is 12.7. The summed E-state index contributed by atoms with van der Waals surface area (Å²) in [5.41, 5.74) is -0.631. The highest BCUT2D eigenvalue weighted by molar-refractivity contribution is 5.91. The molecule has 0 aromatic carbocycles. The monoisotopic (exact) mass is 307 g/mol. The number of aliphatic carboxylic acids is 1. The molecular formula is C14H20F3NO3. The van der Waals surface area contributed by atoms with Crippen LogP contribution in [-0.4, -0.2) is 29.2 Å². The number of carboxylic acid groups (broad SMARTS) is 1. The molecule has 0 aromatic heterocycles. The molecule has 0 saturated heterocycles. The molecule has 2 unspecified atom stereocenters. The topological polar surface area (TPSA) is 66.4 Å². The fourth-order valence-corrected chi connectivity index (χ4v) is 3.50. The van der Waals surface area contributed by atoms with Gasteiger partial charge in [0.2, 0.25) is 5.91 Å². The van der Waals surface area contributed by atoms with E-state index in [0.29, 0.717) is 12.8 Å². The molecule has 0 bridgehead atoms. The number of alkyl halides is 3. The standard InChI is InChI=1S/C14H20F3NO3/c1-13(2)9(10(13)12(20)21)11(19)18-8-5-3-4-7(6-8)14(15,16)17/h7-10H,3-6H2,1-2H3,(H,18,19)(H,20,21)/t7?,8?,9-,10+/m1/s1. The Labute approximate surface area is 121 Å². The summed E-state index contributed by atoms with van der Waals surface area (Å²) in [7, 11) is 0. The minimum absolute atomic E-state index is 0.0997. The summed E-state index contributed by atoms with van der Waals surface area (Å²) in [5, 5.41) is 11.7. The summed E-state index contributed by atoms with van der Waals surface area (Å²) in [6.45, 7) is 3.38. The molecule has 2 aliphatic rings. The molecular weight excluding hydrogens is 287 g/mol. The van der Waals surface area contributed by atoms with Gasteiger partial charge in [-0.05, 0) is 24.7 Å².